The zero-order valence-electron chi connectivity index (χ0n) is 13.9. The Hall–Kier alpha value is -2.63. The Labute approximate surface area is 153 Å². The molecule has 25 heavy (non-hydrogen) atoms. The largest absolute Gasteiger partial charge is 0.497 e. The molecule has 0 aliphatic carbocycles. The lowest BCUT2D eigenvalue weighted by Gasteiger charge is -2.05. The molecule has 0 bridgehead atoms. The summed E-state index contributed by atoms with van der Waals surface area (Å²) in [7, 11) is 1.63. The average molecular weight is 369 g/mol. The van der Waals surface area contributed by atoms with Crippen LogP contribution in [-0.4, -0.2) is 22.3 Å². The first-order chi connectivity index (χ1) is 12.1. The molecule has 3 aromatic rings. The van der Waals surface area contributed by atoms with E-state index in [0.717, 1.165) is 32.1 Å². The van der Waals surface area contributed by atoms with Gasteiger partial charge in [0.05, 0.1) is 18.4 Å². The van der Waals surface area contributed by atoms with Crippen LogP contribution in [0.3, 0.4) is 0 Å². The average Bonchev–Trinajstić information content (AvgIpc) is 3.02. The molecule has 3 rings (SSSR count). The van der Waals surface area contributed by atoms with Crippen molar-refractivity contribution in [1.29, 1.82) is 5.26 Å². The van der Waals surface area contributed by atoms with Crippen molar-refractivity contribution < 1.29 is 4.74 Å². The minimum absolute atomic E-state index is 0.579. The first kappa shape index (κ1) is 17.2. The second-order valence-corrected chi connectivity index (χ2v) is 7.43. The van der Waals surface area contributed by atoms with Gasteiger partial charge in [0.1, 0.15) is 11.8 Å². The molecule has 2 heterocycles. The highest BCUT2D eigenvalue weighted by Gasteiger charge is 2.13. The summed E-state index contributed by atoms with van der Waals surface area (Å²) in [5, 5.41) is 21.6. The SMILES string of the molecule is COc1ccc(Nc2nnc(Sc3cc(C)nc(C)c3C#N)s2)cc1. The fourth-order valence-electron chi connectivity index (χ4n) is 2.20. The summed E-state index contributed by atoms with van der Waals surface area (Å²) in [6.45, 7) is 3.75. The van der Waals surface area contributed by atoms with Gasteiger partial charge in [0.15, 0.2) is 4.34 Å². The molecule has 0 saturated heterocycles. The summed E-state index contributed by atoms with van der Waals surface area (Å²) >= 11 is 2.86. The molecule has 0 spiro atoms. The van der Waals surface area contributed by atoms with Crippen molar-refractivity contribution in [2.24, 2.45) is 0 Å². The number of pyridine rings is 1. The van der Waals surface area contributed by atoms with Gasteiger partial charge in [0.2, 0.25) is 5.13 Å². The fraction of sp³-hybridized carbons (Fsp3) is 0.176. The normalized spacial score (nSPS) is 10.3. The van der Waals surface area contributed by atoms with Crippen LogP contribution in [0.4, 0.5) is 10.8 Å². The molecule has 0 amide bonds. The Morgan fingerprint density at radius 1 is 1.20 bits per heavy atom. The summed E-state index contributed by atoms with van der Waals surface area (Å²) in [5.41, 5.74) is 3.09. The van der Waals surface area contributed by atoms with Gasteiger partial charge in [-0.15, -0.1) is 10.2 Å². The van der Waals surface area contributed by atoms with Crippen molar-refractivity contribution in [3.63, 3.8) is 0 Å². The lowest BCUT2D eigenvalue weighted by molar-refractivity contribution is 0.415. The molecule has 0 aliphatic heterocycles. The van der Waals surface area contributed by atoms with Crippen molar-refractivity contribution in [2.45, 2.75) is 23.1 Å². The maximum absolute atomic E-state index is 9.35. The third-order valence-electron chi connectivity index (χ3n) is 3.35. The molecule has 1 N–H and O–H groups in total. The van der Waals surface area contributed by atoms with Crippen molar-refractivity contribution >= 4 is 33.9 Å². The quantitative estimate of drug-likeness (QED) is 0.717. The number of aromatic nitrogens is 3. The highest BCUT2D eigenvalue weighted by atomic mass is 32.2. The van der Waals surface area contributed by atoms with Crippen molar-refractivity contribution in [1.82, 2.24) is 15.2 Å². The molecular formula is C17H15N5OS2. The summed E-state index contributed by atoms with van der Waals surface area (Å²) in [4.78, 5) is 5.18. The van der Waals surface area contributed by atoms with Crippen LogP contribution in [0.25, 0.3) is 0 Å². The molecule has 0 saturated carbocycles. The van der Waals surface area contributed by atoms with Crippen molar-refractivity contribution in [2.75, 3.05) is 12.4 Å². The minimum atomic E-state index is 0.579. The third kappa shape index (κ3) is 4.07. The van der Waals surface area contributed by atoms with Gasteiger partial charge in [-0.25, -0.2) is 0 Å². The van der Waals surface area contributed by atoms with Gasteiger partial charge < -0.3 is 10.1 Å². The topological polar surface area (TPSA) is 83.7 Å². The van der Waals surface area contributed by atoms with Crippen molar-refractivity contribution in [3.8, 4) is 11.8 Å². The molecule has 0 atom stereocenters. The third-order valence-corrected chi connectivity index (χ3v) is 5.28. The highest BCUT2D eigenvalue weighted by molar-refractivity contribution is 8.01. The van der Waals surface area contributed by atoms with Gasteiger partial charge in [0, 0.05) is 16.3 Å². The first-order valence-electron chi connectivity index (χ1n) is 7.40. The molecule has 0 fully saturated rings. The number of ether oxygens (including phenoxy) is 1. The van der Waals surface area contributed by atoms with Gasteiger partial charge in [-0.3, -0.25) is 4.98 Å². The number of rotatable bonds is 5. The van der Waals surface area contributed by atoms with E-state index in [4.69, 9.17) is 4.74 Å². The van der Waals surface area contributed by atoms with E-state index in [-0.39, 0.29) is 0 Å². The van der Waals surface area contributed by atoms with Crippen LogP contribution in [0.15, 0.2) is 39.6 Å². The van der Waals surface area contributed by atoms with E-state index in [0.29, 0.717) is 10.7 Å². The standard InChI is InChI=1S/C17H15N5OS2/c1-10-8-15(14(9-18)11(2)19-10)24-17-22-21-16(25-17)20-12-4-6-13(23-3)7-5-12/h4-8H,1-3H3,(H,20,21). The highest BCUT2D eigenvalue weighted by Crippen LogP contribution is 2.35. The number of nitriles is 1. The molecule has 126 valence electrons. The van der Waals surface area contributed by atoms with Gasteiger partial charge >= 0.3 is 0 Å². The molecular weight excluding hydrogens is 354 g/mol. The van der Waals surface area contributed by atoms with Crippen LogP contribution in [0.2, 0.25) is 0 Å². The Morgan fingerprint density at radius 2 is 1.96 bits per heavy atom. The molecule has 0 aliphatic rings. The fourth-order valence-corrected chi connectivity index (χ4v) is 4.17. The number of hydrogen-bond donors (Lipinski definition) is 1. The monoisotopic (exact) mass is 369 g/mol. The maximum Gasteiger partial charge on any atom is 0.210 e. The number of anilines is 2. The predicted molar refractivity (Wildman–Crippen MR) is 98.7 cm³/mol. The van der Waals surface area contributed by atoms with Crippen LogP contribution in [0.5, 0.6) is 5.75 Å². The number of nitrogens with one attached hydrogen (secondary N) is 1. The number of methoxy groups -OCH3 is 1. The van der Waals surface area contributed by atoms with E-state index in [9.17, 15) is 5.26 Å². The Morgan fingerprint density at radius 3 is 2.64 bits per heavy atom. The van der Waals surface area contributed by atoms with E-state index in [1.54, 1.807) is 7.11 Å². The Kier molecular flexibility index (Phi) is 5.16. The number of benzene rings is 1. The van der Waals surface area contributed by atoms with Gasteiger partial charge in [0.25, 0.3) is 0 Å². The van der Waals surface area contributed by atoms with Gasteiger partial charge in [-0.05, 0) is 44.2 Å². The van der Waals surface area contributed by atoms with Crippen LogP contribution in [-0.2, 0) is 0 Å². The van der Waals surface area contributed by atoms with Crippen LogP contribution >= 0.6 is 23.1 Å². The molecule has 2 aromatic heterocycles. The second kappa shape index (κ2) is 7.51. The van der Waals surface area contributed by atoms with E-state index in [1.807, 2.05) is 44.2 Å². The zero-order chi connectivity index (χ0) is 17.8. The molecule has 1 aromatic carbocycles. The van der Waals surface area contributed by atoms with E-state index in [1.165, 1.54) is 23.1 Å². The van der Waals surface area contributed by atoms with Crippen LogP contribution in [0.1, 0.15) is 17.0 Å². The Bertz CT molecular complexity index is 931. The molecule has 6 nitrogen and oxygen atoms in total. The smallest absolute Gasteiger partial charge is 0.210 e. The number of nitrogens with zero attached hydrogens (tertiary/aromatic N) is 4. The minimum Gasteiger partial charge on any atom is -0.497 e. The van der Waals surface area contributed by atoms with Gasteiger partial charge in [-0.2, -0.15) is 5.26 Å². The number of aryl methyl sites for hydroxylation is 2. The van der Waals surface area contributed by atoms with Crippen molar-refractivity contribution in [3.05, 3.63) is 47.3 Å². The first-order valence-corrected chi connectivity index (χ1v) is 9.03. The molecule has 8 heteroatoms. The van der Waals surface area contributed by atoms with E-state index < -0.39 is 0 Å². The van der Waals surface area contributed by atoms with Gasteiger partial charge in [-0.1, -0.05) is 23.1 Å². The van der Waals surface area contributed by atoms with Crippen LogP contribution in [0, 0.1) is 25.2 Å². The lowest BCUT2D eigenvalue weighted by atomic mass is 10.2. The zero-order valence-corrected chi connectivity index (χ0v) is 15.5. The predicted octanol–water partition coefficient (Wildman–Crippen LogP) is 4.33. The summed E-state index contributed by atoms with van der Waals surface area (Å²) < 4.78 is 5.90. The van der Waals surface area contributed by atoms with E-state index in [2.05, 4.69) is 26.6 Å². The summed E-state index contributed by atoms with van der Waals surface area (Å²) in [6.07, 6.45) is 0. The lowest BCUT2D eigenvalue weighted by Crippen LogP contribution is -1.93. The molecule has 0 radical (unpaired) electrons. The summed E-state index contributed by atoms with van der Waals surface area (Å²) in [5.74, 6) is 0.798. The van der Waals surface area contributed by atoms with Crippen LogP contribution < -0.4 is 10.1 Å². The van der Waals surface area contributed by atoms with E-state index >= 15 is 0 Å². The summed E-state index contributed by atoms with van der Waals surface area (Å²) in [6, 6.07) is 11.7. The molecule has 0 unspecified atom stereocenters. The number of hydrogen-bond acceptors (Lipinski definition) is 8. The maximum atomic E-state index is 9.35. The Balaban J connectivity index is 1.77. The second-order valence-electron chi connectivity index (χ2n) is 5.16.